The van der Waals surface area contributed by atoms with E-state index in [0.29, 0.717) is 17.5 Å². The number of carbonyl (C=O) groups is 1. The molecule has 2 fully saturated rings. The van der Waals surface area contributed by atoms with E-state index in [-0.39, 0.29) is 29.9 Å². The molecule has 6 nitrogen and oxygen atoms in total. The molecule has 3 rings (SSSR count). The number of amides is 1. The minimum atomic E-state index is -0.0431. The Morgan fingerprint density at radius 2 is 2.15 bits per heavy atom. The third-order valence-electron chi connectivity index (χ3n) is 5.14. The van der Waals surface area contributed by atoms with Gasteiger partial charge in [-0.2, -0.15) is 0 Å². The number of benzene rings is 1. The fourth-order valence-corrected chi connectivity index (χ4v) is 4.04. The molecule has 2 saturated heterocycles. The van der Waals surface area contributed by atoms with Crippen molar-refractivity contribution in [2.45, 2.75) is 19.3 Å². The third kappa shape index (κ3) is 6.05. The fourth-order valence-electron chi connectivity index (χ4n) is 3.64. The molecule has 2 heterocycles. The van der Waals surface area contributed by atoms with Gasteiger partial charge >= 0.3 is 0 Å². The van der Waals surface area contributed by atoms with Crippen LogP contribution < -0.4 is 10.6 Å². The highest BCUT2D eigenvalue weighted by molar-refractivity contribution is 14.0. The maximum atomic E-state index is 12.1. The van der Waals surface area contributed by atoms with Crippen LogP contribution in [0, 0.1) is 5.41 Å². The highest BCUT2D eigenvalue weighted by atomic mass is 127. The Morgan fingerprint density at radius 3 is 2.85 bits per heavy atom. The topological polar surface area (TPSA) is 66.0 Å². The Morgan fingerprint density at radius 1 is 1.33 bits per heavy atom. The number of aliphatic imine (C=N–C) groups is 1. The molecule has 150 valence electrons. The molecule has 2 aliphatic rings. The summed E-state index contributed by atoms with van der Waals surface area (Å²) in [6.45, 7) is 5.23. The van der Waals surface area contributed by atoms with Crippen molar-refractivity contribution in [2.24, 2.45) is 10.4 Å². The van der Waals surface area contributed by atoms with Crippen molar-refractivity contribution in [1.29, 1.82) is 0 Å². The van der Waals surface area contributed by atoms with Gasteiger partial charge in [0.05, 0.1) is 6.61 Å². The Bertz CT molecular complexity index is 665. The van der Waals surface area contributed by atoms with Crippen LogP contribution in [0.5, 0.6) is 0 Å². The zero-order valence-corrected chi connectivity index (χ0v) is 19.6. The number of rotatable bonds is 5. The summed E-state index contributed by atoms with van der Waals surface area (Å²) in [6.07, 6.45) is 3.18. The first-order chi connectivity index (χ1) is 12.6. The van der Waals surface area contributed by atoms with Crippen molar-refractivity contribution in [2.75, 3.05) is 46.4 Å². The Hall–Kier alpha value is -0.870. The molecule has 0 aromatic heterocycles. The van der Waals surface area contributed by atoms with Gasteiger partial charge in [0, 0.05) is 55.3 Å². The molecule has 1 atom stereocenters. The molecule has 0 bridgehead atoms. The fraction of sp³-hybridized carbons (Fsp3) is 0.579. The molecule has 0 radical (unpaired) electrons. The number of likely N-dealkylation sites (tertiary alicyclic amines) is 1. The highest BCUT2D eigenvalue weighted by Gasteiger charge is 2.42. The van der Waals surface area contributed by atoms with Gasteiger partial charge in [0.1, 0.15) is 0 Å². The molecule has 2 aliphatic heterocycles. The number of ether oxygens (including phenoxy) is 1. The maximum absolute atomic E-state index is 12.1. The Labute approximate surface area is 186 Å². The lowest BCUT2D eigenvalue weighted by molar-refractivity contribution is 0.0953. The minimum absolute atomic E-state index is 0. The summed E-state index contributed by atoms with van der Waals surface area (Å²) in [5.41, 5.74) is 1.000. The third-order valence-corrected chi connectivity index (χ3v) is 5.64. The van der Waals surface area contributed by atoms with Crippen LogP contribution in [0.15, 0.2) is 33.7 Å². The molecule has 1 spiro atoms. The average molecular weight is 551 g/mol. The van der Waals surface area contributed by atoms with Crippen molar-refractivity contribution >= 4 is 51.8 Å². The molecular weight excluding hydrogens is 523 g/mol. The molecule has 1 aromatic rings. The number of carbonyl (C=O) groups excluding carboxylic acids is 1. The van der Waals surface area contributed by atoms with Crippen LogP contribution in [-0.4, -0.2) is 63.2 Å². The van der Waals surface area contributed by atoms with Crippen LogP contribution in [0.2, 0.25) is 0 Å². The lowest BCUT2D eigenvalue weighted by Crippen LogP contribution is -2.42. The van der Waals surface area contributed by atoms with Gasteiger partial charge in [-0.15, -0.1) is 24.0 Å². The van der Waals surface area contributed by atoms with Crippen LogP contribution in [0.4, 0.5) is 0 Å². The van der Waals surface area contributed by atoms with Gasteiger partial charge < -0.3 is 20.3 Å². The molecule has 2 N–H and O–H groups in total. The summed E-state index contributed by atoms with van der Waals surface area (Å²) in [4.78, 5) is 18.8. The molecule has 0 aliphatic carbocycles. The smallest absolute Gasteiger partial charge is 0.251 e. The number of hydrogen-bond acceptors (Lipinski definition) is 3. The quantitative estimate of drug-likeness (QED) is 0.256. The molecule has 1 amide bonds. The van der Waals surface area contributed by atoms with Crippen molar-refractivity contribution in [3.63, 3.8) is 0 Å². The van der Waals surface area contributed by atoms with Crippen LogP contribution in [-0.2, 0) is 4.74 Å². The van der Waals surface area contributed by atoms with Crippen molar-refractivity contribution in [3.8, 4) is 0 Å². The molecule has 1 aromatic carbocycles. The summed E-state index contributed by atoms with van der Waals surface area (Å²) in [6, 6.07) is 7.41. The van der Waals surface area contributed by atoms with E-state index in [1.807, 2.05) is 31.3 Å². The van der Waals surface area contributed by atoms with E-state index in [9.17, 15) is 4.79 Å². The Kier molecular flexibility index (Phi) is 8.81. The van der Waals surface area contributed by atoms with Gasteiger partial charge in [0.2, 0.25) is 0 Å². The van der Waals surface area contributed by atoms with Gasteiger partial charge in [0.25, 0.3) is 5.91 Å². The van der Waals surface area contributed by atoms with Crippen LogP contribution in [0.3, 0.4) is 0 Å². The maximum Gasteiger partial charge on any atom is 0.251 e. The van der Waals surface area contributed by atoms with Gasteiger partial charge in [-0.3, -0.25) is 9.79 Å². The summed E-state index contributed by atoms with van der Waals surface area (Å²) >= 11 is 3.39. The second-order valence-corrected chi connectivity index (χ2v) is 7.98. The van der Waals surface area contributed by atoms with E-state index in [1.165, 1.54) is 6.42 Å². The zero-order valence-electron chi connectivity index (χ0n) is 15.7. The van der Waals surface area contributed by atoms with Gasteiger partial charge in [-0.1, -0.05) is 22.0 Å². The van der Waals surface area contributed by atoms with Gasteiger partial charge in [-0.05, 0) is 37.5 Å². The van der Waals surface area contributed by atoms with Crippen LogP contribution in [0.1, 0.15) is 29.6 Å². The molecular formula is C19H28BrIN4O2. The molecule has 0 saturated carbocycles. The second-order valence-electron chi connectivity index (χ2n) is 7.07. The molecule has 27 heavy (non-hydrogen) atoms. The molecule has 8 heteroatoms. The van der Waals surface area contributed by atoms with Gasteiger partial charge in [0.15, 0.2) is 5.96 Å². The summed E-state index contributed by atoms with van der Waals surface area (Å²) in [5.74, 6) is 0.908. The standard InChI is InChI=1S/C19H27BrN4O2.HI/c1-21-18(24-10-6-19(13-24)7-11-26-14-19)23-9-3-8-22-17(25)15-4-2-5-16(20)12-15;/h2,4-5,12H,3,6-11,13-14H2,1H3,(H,21,23)(H,22,25);1H. The van der Waals surface area contributed by atoms with E-state index >= 15 is 0 Å². The predicted molar refractivity (Wildman–Crippen MR) is 122 cm³/mol. The lowest BCUT2D eigenvalue weighted by Gasteiger charge is -2.25. The van der Waals surface area contributed by atoms with Crippen molar-refractivity contribution in [3.05, 3.63) is 34.3 Å². The summed E-state index contributed by atoms with van der Waals surface area (Å²) in [5, 5.41) is 6.37. The highest BCUT2D eigenvalue weighted by Crippen LogP contribution is 2.38. The number of guanidine groups is 1. The van der Waals surface area contributed by atoms with Crippen LogP contribution in [0.25, 0.3) is 0 Å². The first-order valence-corrected chi connectivity index (χ1v) is 9.98. The van der Waals surface area contributed by atoms with Crippen molar-refractivity contribution < 1.29 is 9.53 Å². The summed E-state index contributed by atoms with van der Waals surface area (Å²) < 4.78 is 6.50. The molecule has 1 unspecified atom stereocenters. The minimum Gasteiger partial charge on any atom is -0.381 e. The zero-order chi connectivity index (χ0) is 18.4. The van der Waals surface area contributed by atoms with E-state index < -0.39 is 0 Å². The lowest BCUT2D eigenvalue weighted by atomic mass is 9.87. The summed E-state index contributed by atoms with van der Waals surface area (Å²) in [7, 11) is 1.83. The predicted octanol–water partition coefficient (Wildman–Crippen LogP) is 2.87. The van der Waals surface area contributed by atoms with Crippen molar-refractivity contribution in [1.82, 2.24) is 15.5 Å². The van der Waals surface area contributed by atoms with E-state index in [2.05, 4.69) is 36.5 Å². The largest absolute Gasteiger partial charge is 0.381 e. The Balaban J connectivity index is 0.00000261. The first-order valence-electron chi connectivity index (χ1n) is 9.19. The SMILES string of the molecule is CN=C(NCCCNC(=O)c1cccc(Br)c1)N1CCC2(CCOC2)C1.I. The van der Waals surface area contributed by atoms with Gasteiger partial charge in [-0.25, -0.2) is 0 Å². The van der Waals surface area contributed by atoms with E-state index in [0.717, 1.165) is 56.1 Å². The number of nitrogens with zero attached hydrogens (tertiary/aromatic N) is 2. The number of hydrogen-bond donors (Lipinski definition) is 2. The average Bonchev–Trinajstić information content (AvgIpc) is 3.28. The van der Waals surface area contributed by atoms with Crippen LogP contribution >= 0.6 is 39.9 Å². The van der Waals surface area contributed by atoms with E-state index in [4.69, 9.17) is 4.74 Å². The van der Waals surface area contributed by atoms with E-state index in [1.54, 1.807) is 0 Å². The second kappa shape index (κ2) is 10.6. The number of nitrogens with one attached hydrogen (secondary N) is 2. The first kappa shape index (κ1) is 22.4. The monoisotopic (exact) mass is 550 g/mol. The normalized spacial score (nSPS) is 22.0. The number of halogens is 2.